The van der Waals surface area contributed by atoms with Crippen LogP contribution in [0.1, 0.15) is 10.5 Å². The second-order valence-electron chi connectivity index (χ2n) is 6.35. The topological polar surface area (TPSA) is 69.3 Å². The zero-order valence-corrected chi connectivity index (χ0v) is 14.3. The molecular weight excluding hydrogens is 354 g/mol. The predicted octanol–water partition coefficient (Wildman–Crippen LogP) is 2.16. The van der Waals surface area contributed by atoms with Gasteiger partial charge in [0.1, 0.15) is 11.6 Å². The highest BCUT2D eigenvalue weighted by Crippen LogP contribution is 2.20. The van der Waals surface area contributed by atoms with Crippen molar-refractivity contribution in [3.63, 3.8) is 0 Å². The Labute approximate surface area is 153 Å². The second kappa shape index (κ2) is 6.79. The summed E-state index contributed by atoms with van der Waals surface area (Å²) in [6, 6.07) is 10.2. The fourth-order valence-electron chi connectivity index (χ4n) is 3.26. The largest absolute Gasteiger partial charge is 0.368 e. The average Bonchev–Trinajstić information content (AvgIpc) is 2.67. The third-order valence-corrected chi connectivity index (χ3v) is 4.66. The quantitative estimate of drug-likeness (QED) is 0.751. The number of fused-ring (bicyclic) bond motifs is 1. The Morgan fingerprint density at radius 1 is 1.00 bits per heavy atom. The molecule has 0 aliphatic carbocycles. The molecule has 3 aromatic rings. The van der Waals surface area contributed by atoms with Crippen molar-refractivity contribution in [1.29, 1.82) is 0 Å². The lowest BCUT2D eigenvalue weighted by Crippen LogP contribution is -2.49. The van der Waals surface area contributed by atoms with Crippen molar-refractivity contribution < 1.29 is 13.6 Å². The van der Waals surface area contributed by atoms with E-state index in [-0.39, 0.29) is 5.69 Å². The van der Waals surface area contributed by atoms with Gasteiger partial charge in [-0.25, -0.2) is 8.78 Å². The molecule has 2 heterocycles. The number of hydrogen-bond acceptors (Lipinski definition) is 4. The molecule has 6 nitrogen and oxygen atoms in total. The third-order valence-electron chi connectivity index (χ3n) is 4.66. The minimum absolute atomic E-state index is 0.154. The molecule has 1 aromatic heterocycles. The summed E-state index contributed by atoms with van der Waals surface area (Å²) in [5.41, 5.74) is 0.432. The number of H-pyrrole nitrogens is 1. The van der Waals surface area contributed by atoms with Gasteiger partial charge in [0.25, 0.3) is 5.91 Å². The summed E-state index contributed by atoms with van der Waals surface area (Å²) in [4.78, 5) is 28.6. The summed E-state index contributed by atoms with van der Waals surface area (Å²) >= 11 is 0. The summed E-state index contributed by atoms with van der Waals surface area (Å²) in [5.74, 6) is -1.74. The molecule has 0 spiro atoms. The van der Waals surface area contributed by atoms with E-state index in [4.69, 9.17) is 0 Å². The summed E-state index contributed by atoms with van der Waals surface area (Å²) in [7, 11) is 0. The van der Waals surface area contributed by atoms with Gasteiger partial charge >= 0.3 is 0 Å². The molecule has 0 radical (unpaired) electrons. The van der Waals surface area contributed by atoms with E-state index in [1.807, 2.05) is 0 Å². The number of amides is 1. The van der Waals surface area contributed by atoms with Gasteiger partial charge in [-0.2, -0.15) is 5.10 Å². The Morgan fingerprint density at radius 3 is 2.37 bits per heavy atom. The number of nitrogens with one attached hydrogen (secondary N) is 1. The first-order chi connectivity index (χ1) is 13.0. The molecule has 0 bridgehead atoms. The molecule has 8 heteroatoms. The Bertz CT molecular complexity index is 1050. The number of aromatic amines is 1. The number of piperazine rings is 1. The van der Waals surface area contributed by atoms with Crippen molar-refractivity contribution in [3.8, 4) is 0 Å². The van der Waals surface area contributed by atoms with Gasteiger partial charge in [-0.05, 0) is 24.3 Å². The maximum atomic E-state index is 13.4. The first-order valence-electron chi connectivity index (χ1n) is 8.50. The van der Waals surface area contributed by atoms with Gasteiger partial charge in [0.2, 0.25) is 5.43 Å². The van der Waals surface area contributed by atoms with Gasteiger partial charge in [-0.15, -0.1) is 0 Å². The zero-order chi connectivity index (χ0) is 19.0. The van der Waals surface area contributed by atoms with Gasteiger partial charge in [0.05, 0.1) is 5.52 Å². The fraction of sp³-hybridized carbons (Fsp3) is 0.211. The van der Waals surface area contributed by atoms with Crippen LogP contribution in [0.4, 0.5) is 14.5 Å². The van der Waals surface area contributed by atoms with Crippen LogP contribution in [-0.2, 0) is 0 Å². The maximum Gasteiger partial charge on any atom is 0.278 e. The Hall–Kier alpha value is -3.29. The van der Waals surface area contributed by atoms with Crippen LogP contribution in [0.2, 0.25) is 0 Å². The summed E-state index contributed by atoms with van der Waals surface area (Å²) in [6.45, 7) is 1.45. The third kappa shape index (κ3) is 3.25. The van der Waals surface area contributed by atoms with E-state index in [0.717, 1.165) is 6.07 Å². The summed E-state index contributed by atoms with van der Waals surface area (Å²) in [6.07, 6.45) is 0. The summed E-state index contributed by atoms with van der Waals surface area (Å²) < 4.78 is 26.8. The molecule has 1 N–H and O–H groups in total. The average molecular weight is 370 g/mol. The van der Waals surface area contributed by atoms with Crippen LogP contribution in [0.5, 0.6) is 0 Å². The normalized spacial score (nSPS) is 14.6. The van der Waals surface area contributed by atoms with E-state index in [2.05, 4.69) is 10.2 Å². The zero-order valence-electron chi connectivity index (χ0n) is 14.3. The molecule has 1 amide bonds. The number of anilines is 1. The number of aromatic nitrogens is 2. The highest BCUT2D eigenvalue weighted by atomic mass is 19.1. The van der Waals surface area contributed by atoms with Crippen LogP contribution >= 0.6 is 0 Å². The molecule has 138 valence electrons. The van der Waals surface area contributed by atoms with Gasteiger partial charge in [-0.3, -0.25) is 14.7 Å². The van der Waals surface area contributed by atoms with Gasteiger partial charge in [0.15, 0.2) is 5.69 Å². The highest BCUT2D eigenvalue weighted by molar-refractivity contribution is 5.95. The molecule has 1 aliphatic heterocycles. The van der Waals surface area contributed by atoms with Crippen molar-refractivity contribution in [2.24, 2.45) is 0 Å². The lowest BCUT2D eigenvalue weighted by Gasteiger charge is -2.35. The standard InChI is InChI=1S/C19H16F2N4O2/c20-12-9-13(21)11-14(10-12)24-5-7-25(8-6-24)19(27)17-18(26)15-3-1-2-4-16(15)22-23-17/h1-4,9-11H,5-8H2,(H,22,26). The second-order valence-corrected chi connectivity index (χ2v) is 6.35. The lowest BCUT2D eigenvalue weighted by molar-refractivity contribution is 0.0738. The molecule has 4 rings (SSSR count). The number of rotatable bonds is 2. The molecule has 0 unspecified atom stereocenters. The number of benzene rings is 2. The molecule has 2 aromatic carbocycles. The maximum absolute atomic E-state index is 13.4. The van der Waals surface area contributed by atoms with Crippen LogP contribution in [0.3, 0.4) is 0 Å². The van der Waals surface area contributed by atoms with E-state index in [0.29, 0.717) is 42.8 Å². The Balaban J connectivity index is 1.52. The molecular formula is C19H16F2N4O2. The first-order valence-corrected chi connectivity index (χ1v) is 8.50. The van der Waals surface area contributed by atoms with E-state index < -0.39 is 23.0 Å². The number of carbonyl (C=O) groups is 1. The van der Waals surface area contributed by atoms with Crippen LogP contribution in [0.25, 0.3) is 10.9 Å². The molecule has 0 saturated carbocycles. The van der Waals surface area contributed by atoms with Crippen molar-refractivity contribution in [2.45, 2.75) is 0 Å². The van der Waals surface area contributed by atoms with Crippen molar-refractivity contribution >= 4 is 22.5 Å². The van der Waals surface area contributed by atoms with Crippen LogP contribution in [-0.4, -0.2) is 47.2 Å². The highest BCUT2D eigenvalue weighted by Gasteiger charge is 2.26. The van der Waals surface area contributed by atoms with E-state index in [1.165, 1.54) is 17.0 Å². The number of carbonyl (C=O) groups excluding carboxylic acids is 1. The smallest absolute Gasteiger partial charge is 0.278 e. The van der Waals surface area contributed by atoms with Gasteiger partial charge in [-0.1, -0.05) is 12.1 Å². The Kier molecular flexibility index (Phi) is 4.31. The van der Waals surface area contributed by atoms with Crippen LogP contribution in [0.15, 0.2) is 47.3 Å². The minimum Gasteiger partial charge on any atom is -0.368 e. The van der Waals surface area contributed by atoms with Gasteiger partial charge < -0.3 is 9.80 Å². The van der Waals surface area contributed by atoms with E-state index in [1.54, 1.807) is 29.2 Å². The molecule has 1 aliphatic rings. The van der Waals surface area contributed by atoms with E-state index >= 15 is 0 Å². The molecule has 27 heavy (non-hydrogen) atoms. The van der Waals surface area contributed by atoms with Crippen molar-refractivity contribution in [2.75, 3.05) is 31.1 Å². The predicted molar refractivity (Wildman–Crippen MR) is 96.8 cm³/mol. The molecule has 1 saturated heterocycles. The summed E-state index contributed by atoms with van der Waals surface area (Å²) in [5, 5.41) is 7.08. The lowest BCUT2D eigenvalue weighted by atomic mass is 10.2. The Morgan fingerprint density at radius 2 is 1.67 bits per heavy atom. The van der Waals surface area contributed by atoms with Crippen molar-refractivity contribution in [3.05, 3.63) is 70.0 Å². The first kappa shape index (κ1) is 17.1. The molecule has 1 fully saturated rings. The number of para-hydroxylation sites is 1. The van der Waals surface area contributed by atoms with E-state index in [9.17, 15) is 18.4 Å². The van der Waals surface area contributed by atoms with Crippen LogP contribution in [0, 0.1) is 11.6 Å². The van der Waals surface area contributed by atoms with Crippen molar-refractivity contribution in [1.82, 2.24) is 15.1 Å². The number of halogens is 2. The number of hydrogen-bond donors (Lipinski definition) is 1. The number of nitrogens with zero attached hydrogens (tertiary/aromatic N) is 3. The van der Waals surface area contributed by atoms with Gasteiger partial charge in [0, 0.05) is 43.3 Å². The molecule has 0 atom stereocenters. The minimum atomic E-state index is -0.643. The SMILES string of the molecule is O=C(c1n[nH]c2ccccc2c1=O)N1CCN(c2cc(F)cc(F)c2)CC1. The fourth-order valence-corrected chi connectivity index (χ4v) is 3.26. The van der Waals surface area contributed by atoms with Crippen LogP contribution < -0.4 is 10.3 Å². The monoisotopic (exact) mass is 370 g/mol.